The first kappa shape index (κ1) is 13.6. The maximum absolute atomic E-state index is 4.44. The Morgan fingerprint density at radius 2 is 1.30 bits per heavy atom. The van der Waals surface area contributed by atoms with Crippen LogP contribution in [0.5, 0.6) is 0 Å². The van der Waals surface area contributed by atoms with Gasteiger partial charge in [0.15, 0.2) is 0 Å². The maximum Gasteiger partial charge on any atom is 0.0933 e. The van der Waals surface area contributed by atoms with E-state index in [0.717, 1.165) is 22.5 Å². The maximum atomic E-state index is 4.44. The second-order valence-electron chi connectivity index (χ2n) is 5.63. The van der Waals surface area contributed by atoms with Gasteiger partial charge in [-0.25, -0.2) is 0 Å². The van der Waals surface area contributed by atoms with Gasteiger partial charge in [-0.1, -0.05) is 66.7 Å². The monoisotopic (exact) mass is 296 g/mol. The molecule has 0 bridgehead atoms. The molecule has 0 N–H and O–H groups in total. The van der Waals surface area contributed by atoms with Gasteiger partial charge in [0.25, 0.3) is 0 Å². The Morgan fingerprint density at radius 1 is 0.609 bits per heavy atom. The molecule has 0 aliphatic rings. The van der Waals surface area contributed by atoms with Crippen LogP contribution in [0.25, 0.3) is 33.3 Å². The van der Waals surface area contributed by atoms with Crippen LogP contribution in [0.1, 0.15) is 5.56 Å². The predicted molar refractivity (Wildman–Crippen MR) is 95.1 cm³/mol. The Kier molecular flexibility index (Phi) is 3.35. The molecule has 1 heterocycles. The van der Waals surface area contributed by atoms with Crippen LogP contribution in [0.15, 0.2) is 78.9 Å². The van der Waals surface area contributed by atoms with Crippen LogP contribution in [0, 0.1) is 6.92 Å². The molecule has 0 unspecified atom stereocenters. The molecule has 0 spiro atoms. The second-order valence-corrected chi connectivity index (χ2v) is 5.63. The molecule has 0 amide bonds. The fraction of sp³-hybridized carbons (Fsp3) is 0.0476. The molecule has 0 atom stereocenters. The first-order valence-electron chi connectivity index (χ1n) is 7.71. The van der Waals surface area contributed by atoms with Crippen LogP contribution in [0.4, 0.5) is 0 Å². The lowest BCUT2D eigenvalue weighted by Gasteiger charge is -2.09. The van der Waals surface area contributed by atoms with Crippen LogP contribution in [0.2, 0.25) is 0 Å². The Balaban J connectivity index is 1.78. The number of hydrogen-bond acceptors (Lipinski definition) is 2. The first-order chi connectivity index (χ1) is 11.3. The molecule has 3 aromatic carbocycles. The molecule has 0 radical (unpaired) electrons. The van der Waals surface area contributed by atoms with Crippen LogP contribution >= 0.6 is 0 Å². The minimum atomic E-state index is 0.896. The van der Waals surface area contributed by atoms with E-state index in [2.05, 4.69) is 53.5 Å². The summed E-state index contributed by atoms with van der Waals surface area (Å²) in [6.07, 6.45) is 0. The number of fused-ring (bicyclic) bond motifs is 1. The minimum absolute atomic E-state index is 0.896. The molecule has 110 valence electrons. The highest BCUT2D eigenvalue weighted by atomic mass is 15.1. The van der Waals surface area contributed by atoms with Crippen molar-refractivity contribution in [2.24, 2.45) is 0 Å². The van der Waals surface area contributed by atoms with Gasteiger partial charge in [0, 0.05) is 11.1 Å². The van der Waals surface area contributed by atoms with E-state index in [9.17, 15) is 0 Å². The van der Waals surface area contributed by atoms with E-state index < -0.39 is 0 Å². The molecule has 4 rings (SSSR count). The van der Waals surface area contributed by atoms with Gasteiger partial charge < -0.3 is 0 Å². The molecule has 23 heavy (non-hydrogen) atoms. The molecule has 2 heteroatoms. The zero-order valence-corrected chi connectivity index (χ0v) is 12.9. The number of rotatable bonds is 2. The molecule has 0 saturated carbocycles. The normalized spacial score (nSPS) is 10.8. The van der Waals surface area contributed by atoms with Crippen molar-refractivity contribution in [3.05, 3.63) is 84.4 Å². The fourth-order valence-electron chi connectivity index (χ4n) is 2.94. The number of aryl methyl sites for hydroxylation is 1. The zero-order valence-electron chi connectivity index (χ0n) is 12.9. The Morgan fingerprint density at radius 3 is 2.09 bits per heavy atom. The molecule has 0 saturated heterocycles. The molecule has 0 aliphatic carbocycles. The van der Waals surface area contributed by atoms with Crippen LogP contribution < -0.4 is 0 Å². The Labute approximate surface area is 135 Å². The van der Waals surface area contributed by atoms with Gasteiger partial charge in [-0.05, 0) is 35.4 Å². The molecular weight excluding hydrogens is 280 g/mol. The van der Waals surface area contributed by atoms with E-state index >= 15 is 0 Å². The summed E-state index contributed by atoms with van der Waals surface area (Å²) in [5.74, 6) is 0. The summed E-state index contributed by atoms with van der Waals surface area (Å²) in [6, 6.07) is 26.9. The van der Waals surface area contributed by atoms with Gasteiger partial charge in [0.1, 0.15) is 0 Å². The number of nitrogens with zero attached hydrogens (tertiary/aromatic N) is 2. The Bertz CT molecular complexity index is 958. The third kappa shape index (κ3) is 2.49. The summed E-state index contributed by atoms with van der Waals surface area (Å²) in [5.41, 5.74) is 5.27. The van der Waals surface area contributed by atoms with Crippen molar-refractivity contribution in [3.8, 4) is 22.5 Å². The van der Waals surface area contributed by atoms with Crippen LogP contribution in [-0.4, -0.2) is 10.2 Å². The van der Waals surface area contributed by atoms with Crippen molar-refractivity contribution in [2.45, 2.75) is 6.92 Å². The van der Waals surface area contributed by atoms with Gasteiger partial charge in [-0.2, -0.15) is 0 Å². The first-order valence-corrected chi connectivity index (χ1v) is 7.71. The summed E-state index contributed by atoms with van der Waals surface area (Å²) in [7, 11) is 0. The highest BCUT2D eigenvalue weighted by Crippen LogP contribution is 2.28. The second kappa shape index (κ2) is 5.65. The van der Waals surface area contributed by atoms with Crippen molar-refractivity contribution in [3.63, 3.8) is 0 Å². The van der Waals surface area contributed by atoms with Crippen LogP contribution in [0.3, 0.4) is 0 Å². The van der Waals surface area contributed by atoms with Crippen molar-refractivity contribution in [2.75, 3.05) is 0 Å². The van der Waals surface area contributed by atoms with Gasteiger partial charge >= 0.3 is 0 Å². The SMILES string of the molecule is Cc1c(-c2ccc(-c3ccccc3)nn2)ccc2ccccc12. The molecule has 1 aromatic heterocycles. The smallest absolute Gasteiger partial charge is 0.0933 e. The number of hydrogen-bond donors (Lipinski definition) is 0. The molecule has 0 aliphatic heterocycles. The summed E-state index contributed by atoms with van der Waals surface area (Å²) in [6.45, 7) is 2.14. The topological polar surface area (TPSA) is 25.8 Å². The number of aromatic nitrogens is 2. The largest absolute Gasteiger partial charge is 0.150 e. The molecular formula is C21H16N2. The van der Waals surface area contributed by atoms with E-state index in [-0.39, 0.29) is 0 Å². The van der Waals surface area contributed by atoms with E-state index in [1.165, 1.54) is 16.3 Å². The molecule has 0 fully saturated rings. The van der Waals surface area contributed by atoms with Crippen molar-refractivity contribution >= 4 is 10.8 Å². The summed E-state index contributed by atoms with van der Waals surface area (Å²) in [5, 5.41) is 11.4. The van der Waals surface area contributed by atoms with Crippen LogP contribution in [-0.2, 0) is 0 Å². The highest BCUT2D eigenvalue weighted by molar-refractivity contribution is 5.91. The standard InChI is InChI=1S/C21H16N2/c1-15-18-10-6-5-7-16(18)11-12-19(15)21-14-13-20(22-23-21)17-8-3-2-4-9-17/h2-14H,1H3. The molecule has 4 aromatic rings. The summed E-state index contributed by atoms with van der Waals surface area (Å²) >= 11 is 0. The van der Waals surface area contributed by atoms with Crippen molar-refractivity contribution in [1.82, 2.24) is 10.2 Å². The van der Waals surface area contributed by atoms with Gasteiger partial charge in [0.05, 0.1) is 11.4 Å². The van der Waals surface area contributed by atoms with E-state index in [0.29, 0.717) is 0 Å². The average Bonchev–Trinajstić information content (AvgIpc) is 2.63. The van der Waals surface area contributed by atoms with Crippen molar-refractivity contribution < 1.29 is 0 Å². The minimum Gasteiger partial charge on any atom is -0.150 e. The zero-order chi connectivity index (χ0) is 15.6. The summed E-state index contributed by atoms with van der Waals surface area (Å²) in [4.78, 5) is 0. The highest BCUT2D eigenvalue weighted by Gasteiger charge is 2.08. The molecule has 2 nitrogen and oxygen atoms in total. The van der Waals surface area contributed by atoms with Crippen molar-refractivity contribution in [1.29, 1.82) is 0 Å². The van der Waals surface area contributed by atoms with E-state index in [4.69, 9.17) is 0 Å². The fourth-order valence-corrected chi connectivity index (χ4v) is 2.94. The van der Waals surface area contributed by atoms with E-state index in [1.54, 1.807) is 0 Å². The third-order valence-electron chi connectivity index (χ3n) is 4.21. The third-order valence-corrected chi connectivity index (χ3v) is 4.21. The van der Waals surface area contributed by atoms with Gasteiger partial charge in [-0.15, -0.1) is 10.2 Å². The predicted octanol–water partition coefficient (Wildman–Crippen LogP) is 5.27. The lowest BCUT2D eigenvalue weighted by Crippen LogP contribution is -1.93. The van der Waals surface area contributed by atoms with Gasteiger partial charge in [-0.3, -0.25) is 0 Å². The lowest BCUT2D eigenvalue weighted by atomic mass is 9.98. The summed E-state index contributed by atoms with van der Waals surface area (Å²) < 4.78 is 0. The lowest BCUT2D eigenvalue weighted by molar-refractivity contribution is 1.04. The quantitative estimate of drug-likeness (QED) is 0.503. The number of benzene rings is 3. The Hall–Kier alpha value is -3.00. The van der Waals surface area contributed by atoms with Gasteiger partial charge in [0.2, 0.25) is 0 Å². The average molecular weight is 296 g/mol. The van der Waals surface area contributed by atoms with E-state index in [1.807, 2.05) is 42.5 Å².